The second kappa shape index (κ2) is 5.98. The number of anilines is 1. The van der Waals surface area contributed by atoms with Crippen molar-refractivity contribution in [2.75, 3.05) is 25.0 Å². The largest absolute Gasteiger partial charge is 0.367 e. The van der Waals surface area contributed by atoms with Crippen LogP contribution in [-0.4, -0.2) is 40.5 Å². The van der Waals surface area contributed by atoms with Gasteiger partial charge in [0.25, 0.3) is 0 Å². The summed E-state index contributed by atoms with van der Waals surface area (Å²) in [6.45, 7) is 5.50. The van der Waals surface area contributed by atoms with E-state index >= 15 is 0 Å². The smallest absolute Gasteiger partial charge is 0.148 e. The molecule has 4 nitrogen and oxygen atoms in total. The quantitative estimate of drug-likeness (QED) is 0.867. The molecule has 1 fully saturated rings. The van der Waals surface area contributed by atoms with E-state index in [2.05, 4.69) is 43.0 Å². The summed E-state index contributed by atoms with van der Waals surface area (Å²) in [6, 6.07) is 0.512. The molecule has 1 unspecified atom stereocenters. The molecule has 0 saturated carbocycles. The molecule has 1 aromatic heterocycles. The third-order valence-electron chi connectivity index (χ3n) is 3.08. The molecule has 1 aromatic rings. The van der Waals surface area contributed by atoms with Crippen LogP contribution in [0.15, 0.2) is 10.8 Å². The van der Waals surface area contributed by atoms with E-state index < -0.39 is 0 Å². The summed E-state index contributed by atoms with van der Waals surface area (Å²) < 4.78 is 0.732. The maximum Gasteiger partial charge on any atom is 0.148 e. The van der Waals surface area contributed by atoms with Gasteiger partial charge in [-0.15, -0.1) is 0 Å². The number of nitrogens with zero attached hydrogens (tertiary/aromatic N) is 3. The Morgan fingerprint density at radius 3 is 2.88 bits per heavy atom. The van der Waals surface area contributed by atoms with Gasteiger partial charge in [-0.05, 0) is 48.8 Å². The number of hydrogen-bond acceptors (Lipinski definition) is 4. The predicted octanol–water partition coefficient (Wildman–Crippen LogP) is 2.79. The Morgan fingerprint density at radius 2 is 2.18 bits per heavy atom. The number of halogens is 2. The molecule has 1 saturated heterocycles. The summed E-state index contributed by atoms with van der Waals surface area (Å²) in [7, 11) is 0. The Morgan fingerprint density at radius 1 is 1.47 bits per heavy atom. The number of hydrogen-bond donors (Lipinski definition) is 1. The zero-order chi connectivity index (χ0) is 12.3. The third-order valence-corrected chi connectivity index (χ3v) is 4.34. The zero-order valence-electron chi connectivity index (χ0n) is 9.79. The fraction of sp³-hybridized carbons (Fsp3) is 0.636. The lowest BCUT2D eigenvalue weighted by atomic mass is 10.3. The van der Waals surface area contributed by atoms with Crippen LogP contribution in [0.2, 0.25) is 5.15 Å². The topological polar surface area (TPSA) is 41.1 Å². The summed E-state index contributed by atoms with van der Waals surface area (Å²) in [5.41, 5.74) is 0. The minimum absolute atomic E-state index is 0.441. The number of rotatable bonds is 4. The van der Waals surface area contributed by atoms with Crippen molar-refractivity contribution in [1.29, 1.82) is 0 Å². The van der Waals surface area contributed by atoms with Crippen molar-refractivity contribution in [1.82, 2.24) is 14.9 Å². The van der Waals surface area contributed by atoms with E-state index in [1.54, 1.807) is 0 Å². The van der Waals surface area contributed by atoms with E-state index in [0.717, 1.165) is 16.8 Å². The first kappa shape index (κ1) is 13.1. The van der Waals surface area contributed by atoms with Gasteiger partial charge >= 0.3 is 0 Å². The van der Waals surface area contributed by atoms with Gasteiger partial charge < -0.3 is 5.32 Å². The molecule has 1 aliphatic rings. The van der Waals surface area contributed by atoms with Crippen molar-refractivity contribution in [3.63, 3.8) is 0 Å². The Kier molecular flexibility index (Phi) is 4.59. The van der Waals surface area contributed by atoms with Crippen LogP contribution in [0, 0.1) is 0 Å². The minimum atomic E-state index is 0.441. The Hall–Kier alpha value is -0.390. The highest BCUT2D eigenvalue weighted by Gasteiger charge is 2.18. The van der Waals surface area contributed by atoms with E-state index in [-0.39, 0.29) is 0 Å². The van der Waals surface area contributed by atoms with Crippen molar-refractivity contribution in [2.45, 2.75) is 25.8 Å². The van der Waals surface area contributed by atoms with Gasteiger partial charge in [0.05, 0.1) is 4.47 Å². The van der Waals surface area contributed by atoms with Crippen molar-refractivity contribution in [2.24, 2.45) is 0 Å². The Bertz CT molecular complexity index is 382. The van der Waals surface area contributed by atoms with Crippen molar-refractivity contribution >= 4 is 33.3 Å². The molecular formula is C11H16BrClN4. The number of aromatic nitrogens is 2. The number of nitrogens with one attached hydrogen (secondary N) is 1. The molecular weight excluding hydrogens is 304 g/mol. The molecule has 1 aliphatic heterocycles. The second-order valence-corrected chi connectivity index (χ2v) is 5.45. The summed E-state index contributed by atoms with van der Waals surface area (Å²) in [5, 5.41) is 3.75. The lowest BCUT2D eigenvalue weighted by Crippen LogP contribution is -2.35. The van der Waals surface area contributed by atoms with Crippen molar-refractivity contribution in [3.8, 4) is 0 Å². The van der Waals surface area contributed by atoms with Crippen LogP contribution in [0.1, 0.15) is 19.8 Å². The molecule has 1 atom stereocenters. The van der Waals surface area contributed by atoms with E-state index in [1.807, 2.05) is 0 Å². The highest BCUT2D eigenvalue weighted by Crippen LogP contribution is 2.26. The van der Waals surface area contributed by atoms with Crippen LogP contribution in [0.5, 0.6) is 0 Å². The molecule has 2 rings (SSSR count). The fourth-order valence-corrected chi connectivity index (χ4v) is 2.51. The summed E-state index contributed by atoms with van der Waals surface area (Å²) in [5.74, 6) is 0.760. The number of likely N-dealkylation sites (tertiary alicyclic amines) is 1. The van der Waals surface area contributed by atoms with Gasteiger partial charge in [0.2, 0.25) is 0 Å². The lowest BCUT2D eigenvalue weighted by Gasteiger charge is -2.24. The van der Waals surface area contributed by atoms with E-state index in [1.165, 1.54) is 32.3 Å². The molecule has 17 heavy (non-hydrogen) atoms. The van der Waals surface area contributed by atoms with Crippen LogP contribution in [-0.2, 0) is 0 Å². The fourth-order valence-electron chi connectivity index (χ4n) is 2.03. The molecule has 1 N–H and O–H groups in total. The maximum atomic E-state index is 5.91. The second-order valence-electron chi connectivity index (χ2n) is 4.30. The van der Waals surface area contributed by atoms with Gasteiger partial charge in [0, 0.05) is 12.6 Å². The summed E-state index contributed by atoms with van der Waals surface area (Å²) >= 11 is 9.29. The van der Waals surface area contributed by atoms with Crippen molar-refractivity contribution in [3.05, 3.63) is 16.0 Å². The van der Waals surface area contributed by atoms with E-state index in [4.69, 9.17) is 11.6 Å². The van der Waals surface area contributed by atoms with Crippen LogP contribution in [0.4, 0.5) is 5.82 Å². The molecule has 0 aliphatic carbocycles. The molecule has 2 heterocycles. The Balaban J connectivity index is 1.90. The summed E-state index contributed by atoms with van der Waals surface area (Å²) in [6.07, 6.45) is 4.09. The van der Waals surface area contributed by atoms with E-state index in [9.17, 15) is 0 Å². The van der Waals surface area contributed by atoms with Gasteiger partial charge in [-0.25, -0.2) is 9.97 Å². The first-order chi connectivity index (χ1) is 8.18. The minimum Gasteiger partial charge on any atom is -0.367 e. The van der Waals surface area contributed by atoms with Gasteiger partial charge in [0.15, 0.2) is 0 Å². The Labute approximate surface area is 115 Å². The monoisotopic (exact) mass is 318 g/mol. The van der Waals surface area contributed by atoms with Crippen LogP contribution >= 0.6 is 27.5 Å². The van der Waals surface area contributed by atoms with Gasteiger partial charge in [0.1, 0.15) is 17.3 Å². The normalized spacial score (nSPS) is 18.3. The zero-order valence-corrected chi connectivity index (χ0v) is 12.1. The molecule has 0 bridgehead atoms. The van der Waals surface area contributed by atoms with Gasteiger partial charge in [-0.2, -0.15) is 0 Å². The first-order valence-electron chi connectivity index (χ1n) is 5.82. The average Bonchev–Trinajstić information content (AvgIpc) is 2.84. The molecule has 0 radical (unpaired) electrons. The van der Waals surface area contributed by atoms with Crippen LogP contribution in [0.25, 0.3) is 0 Å². The molecule has 6 heteroatoms. The van der Waals surface area contributed by atoms with Gasteiger partial charge in [-0.3, -0.25) is 4.90 Å². The van der Waals surface area contributed by atoms with E-state index in [0.29, 0.717) is 11.2 Å². The molecule has 0 amide bonds. The average molecular weight is 320 g/mol. The van der Waals surface area contributed by atoms with Crippen LogP contribution in [0.3, 0.4) is 0 Å². The maximum absolute atomic E-state index is 5.91. The van der Waals surface area contributed by atoms with Gasteiger partial charge in [-0.1, -0.05) is 11.6 Å². The molecule has 0 aromatic carbocycles. The predicted molar refractivity (Wildman–Crippen MR) is 73.5 cm³/mol. The highest BCUT2D eigenvalue weighted by molar-refractivity contribution is 9.10. The standard InChI is InChI=1S/C11H16BrClN4/c1-8(17-4-2-3-5-17)6-14-11-9(12)10(13)15-7-16-11/h7-8H,2-6H2,1H3,(H,14,15,16). The first-order valence-corrected chi connectivity index (χ1v) is 6.99. The third kappa shape index (κ3) is 3.30. The van der Waals surface area contributed by atoms with Crippen LogP contribution < -0.4 is 5.32 Å². The lowest BCUT2D eigenvalue weighted by molar-refractivity contribution is 0.269. The van der Waals surface area contributed by atoms with Crippen molar-refractivity contribution < 1.29 is 0 Å². The molecule has 94 valence electrons. The summed E-state index contributed by atoms with van der Waals surface area (Å²) in [4.78, 5) is 10.6. The SMILES string of the molecule is CC(CNc1ncnc(Cl)c1Br)N1CCCC1. The highest BCUT2D eigenvalue weighted by atomic mass is 79.9. The molecule has 0 spiro atoms.